The Bertz CT molecular complexity index is 1620. The maximum atomic E-state index is 14.4. The van der Waals surface area contributed by atoms with Crippen LogP contribution in [0.3, 0.4) is 0 Å². The van der Waals surface area contributed by atoms with Crippen LogP contribution in [-0.4, -0.2) is 85.9 Å². The molecule has 0 amide bonds. The van der Waals surface area contributed by atoms with Gasteiger partial charge in [0.05, 0.1) is 23.3 Å². The molecule has 7 rings (SSSR count). The molecule has 1 unspecified atom stereocenters. The van der Waals surface area contributed by atoms with Crippen molar-refractivity contribution in [2.75, 3.05) is 37.8 Å². The first-order valence-corrected chi connectivity index (χ1v) is 23.3. The SMILES string of the molecule is C=C(C)[C@@H]1CC[C@]2(NCCC(CF)N3CCS(=O)(=O)CC3)CC[C@]3(C)[C@H](CC[C@@H]4[C@@]5(C)CC[C@H](OC(=O)[C@H]6[C@@H](C(=O)O)C6(C)C)C(C)(C)[C@@H]5CC[C@]43C)[C@@H]12. The smallest absolute Gasteiger partial charge is 0.310 e. The predicted octanol–water partition coefficient (Wildman–Crippen LogP) is 7.71. The minimum absolute atomic E-state index is 0.0177. The number of hydrogen-bond acceptors (Lipinski definition) is 7. The summed E-state index contributed by atoms with van der Waals surface area (Å²) in [5.41, 5.74) is 1.02. The molecule has 2 N–H and O–H groups in total. The molecule has 1 heterocycles. The molecule has 0 spiro atoms. The molecule has 7 aliphatic rings. The summed E-state index contributed by atoms with van der Waals surface area (Å²) < 4.78 is 44.8. The molecule has 0 aromatic rings. The fourth-order valence-electron chi connectivity index (χ4n) is 15.3. The quantitative estimate of drug-likeness (QED) is 0.172. The van der Waals surface area contributed by atoms with Crippen LogP contribution in [0.5, 0.6) is 0 Å². The molecule has 6 saturated carbocycles. The summed E-state index contributed by atoms with van der Waals surface area (Å²) in [6, 6.07) is -0.245. The van der Waals surface area contributed by atoms with Crippen LogP contribution in [0.1, 0.15) is 126 Å². The number of carbonyl (C=O) groups is 2. The first-order chi connectivity index (χ1) is 25.1. The zero-order chi connectivity index (χ0) is 39.4. The van der Waals surface area contributed by atoms with Gasteiger partial charge in [-0.05, 0) is 135 Å². The first-order valence-electron chi connectivity index (χ1n) is 21.4. The zero-order valence-electron chi connectivity index (χ0n) is 34.6. The fraction of sp³-hybridized carbons (Fsp3) is 0.909. The van der Waals surface area contributed by atoms with Gasteiger partial charge in [-0.1, -0.05) is 60.6 Å². The number of carbonyl (C=O) groups excluding carboxylic acids is 1. The van der Waals surface area contributed by atoms with Crippen molar-refractivity contribution >= 4 is 21.8 Å². The maximum absolute atomic E-state index is 14.4. The average molecular weight is 775 g/mol. The van der Waals surface area contributed by atoms with Crippen LogP contribution < -0.4 is 5.32 Å². The number of fused-ring (bicyclic) bond motifs is 7. The monoisotopic (exact) mass is 775 g/mol. The van der Waals surface area contributed by atoms with Gasteiger partial charge in [0, 0.05) is 30.1 Å². The van der Waals surface area contributed by atoms with E-state index >= 15 is 0 Å². The van der Waals surface area contributed by atoms with E-state index in [1.165, 1.54) is 31.3 Å². The Hall–Kier alpha value is -1.52. The molecule has 7 fully saturated rings. The molecule has 1 aliphatic heterocycles. The summed E-state index contributed by atoms with van der Waals surface area (Å²) in [6.07, 6.45) is 11.6. The van der Waals surface area contributed by atoms with Crippen molar-refractivity contribution in [1.29, 1.82) is 0 Å². The number of alkyl halides is 1. The molecule has 0 aromatic heterocycles. The minimum atomic E-state index is -3.01. The van der Waals surface area contributed by atoms with Crippen LogP contribution >= 0.6 is 0 Å². The van der Waals surface area contributed by atoms with E-state index in [9.17, 15) is 27.5 Å². The molecular formula is C44H71FN2O6S. The van der Waals surface area contributed by atoms with Crippen LogP contribution in [0, 0.1) is 68.5 Å². The maximum Gasteiger partial charge on any atom is 0.310 e. The van der Waals surface area contributed by atoms with Crippen LogP contribution in [0.15, 0.2) is 12.2 Å². The number of carboxylic acids is 1. The van der Waals surface area contributed by atoms with Crippen LogP contribution in [0.2, 0.25) is 0 Å². The number of nitrogens with zero attached hydrogens (tertiary/aromatic N) is 1. The lowest BCUT2D eigenvalue weighted by Gasteiger charge is -2.73. The molecule has 0 aromatic carbocycles. The summed E-state index contributed by atoms with van der Waals surface area (Å²) >= 11 is 0. The highest BCUT2D eigenvalue weighted by atomic mass is 32.2. The lowest BCUT2D eigenvalue weighted by Crippen LogP contribution is -2.69. The number of carboxylic acid groups (broad SMARTS) is 1. The van der Waals surface area contributed by atoms with Gasteiger partial charge in [0.15, 0.2) is 9.84 Å². The Morgan fingerprint density at radius 2 is 1.56 bits per heavy atom. The van der Waals surface area contributed by atoms with Crippen LogP contribution in [0.25, 0.3) is 0 Å². The minimum Gasteiger partial charge on any atom is -0.481 e. The molecule has 0 radical (unpaired) electrons. The van der Waals surface area contributed by atoms with Gasteiger partial charge < -0.3 is 15.2 Å². The van der Waals surface area contributed by atoms with Gasteiger partial charge in [-0.15, -0.1) is 0 Å². The normalized spacial score (nSPS) is 46.5. The highest BCUT2D eigenvalue weighted by molar-refractivity contribution is 7.91. The van der Waals surface area contributed by atoms with E-state index in [0.717, 1.165) is 45.1 Å². The number of allylic oxidation sites excluding steroid dienone is 1. The number of sulfone groups is 1. The Morgan fingerprint density at radius 3 is 2.17 bits per heavy atom. The lowest BCUT2D eigenvalue weighted by molar-refractivity contribution is -0.246. The summed E-state index contributed by atoms with van der Waals surface area (Å²) in [5, 5.41) is 13.8. The van der Waals surface area contributed by atoms with Gasteiger partial charge >= 0.3 is 11.9 Å². The van der Waals surface area contributed by atoms with Crippen molar-refractivity contribution in [2.24, 2.45) is 68.5 Å². The van der Waals surface area contributed by atoms with E-state index < -0.39 is 39.7 Å². The largest absolute Gasteiger partial charge is 0.481 e. The molecular weight excluding hydrogens is 704 g/mol. The molecule has 1 saturated heterocycles. The van der Waals surface area contributed by atoms with Gasteiger partial charge in [-0.2, -0.15) is 0 Å². The molecule has 54 heavy (non-hydrogen) atoms. The summed E-state index contributed by atoms with van der Waals surface area (Å²) in [7, 11) is -3.01. The summed E-state index contributed by atoms with van der Waals surface area (Å²) in [5.74, 6) is 0.307. The molecule has 13 atom stereocenters. The number of rotatable bonds is 10. The summed E-state index contributed by atoms with van der Waals surface area (Å²) in [4.78, 5) is 27.4. The van der Waals surface area contributed by atoms with E-state index in [4.69, 9.17) is 4.74 Å². The number of hydrogen-bond donors (Lipinski definition) is 2. The third kappa shape index (κ3) is 6.09. The van der Waals surface area contributed by atoms with Crippen molar-refractivity contribution in [3.63, 3.8) is 0 Å². The Morgan fingerprint density at radius 1 is 0.870 bits per heavy atom. The molecule has 0 bridgehead atoms. The average Bonchev–Trinajstić information content (AvgIpc) is 3.47. The molecule has 6 aliphatic carbocycles. The van der Waals surface area contributed by atoms with Gasteiger partial charge in [0.1, 0.15) is 12.8 Å². The third-order valence-corrected chi connectivity index (χ3v) is 20.2. The first kappa shape index (κ1) is 40.7. The summed E-state index contributed by atoms with van der Waals surface area (Å²) in [6.45, 7) is 24.1. The second-order valence-electron chi connectivity index (χ2n) is 21.5. The Balaban J connectivity index is 1.08. The third-order valence-electron chi connectivity index (χ3n) is 18.6. The van der Waals surface area contributed by atoms with E-state index in [2.05, 4.69) is 58.3 Å². The van der Waals surface area contributed by atoms with E-state index in [-0.39, 0.29) is 56.8 Å². The predicted molar refractivity (Wildman–Crippen MR) is 210 cm³/mol. The van der Waals surface area contributed by atoms with Gasteiger partial charge in [-0.25, -0.2) is 12.8 Å². The van der Waals surface area contributed by atoms with Gasteiger partial charge in [-0.3, -0.25) is 14.5 Å². The fourth-order valence-corrected chi connectivity index (χ4v) is 16.6. The standard InChI is InChI=1S/C44H71FN2O6S/c1-27(2)29-12-18-44(46-21-15-28(26-45)47-22-24-54(51,52)25-23-47)20-19-42(8)30(34(29)44)10-11-32-41(7)16-14-33(39(3,4)31(41)13-17-43(32,42)9)53-38(50)36-35(37(48)49)40(36,5)6/h28-36,46H,1,10-26H2,2-9H3,(H,48,49)/t28?,29-,30+,31-,32+,33-,34+,35-,36+,41-,42+,43+,44-/m0/s1. The number of esters is 1. The number of nitrogens with one attached hydrogen (secondary N) is 1. The molecule has 306 valence electrons. The van der Waals surface area contributed by atoms with Crippen molar-refractivity contribution in [1.82, 2.24) is 10.2 Å². The van der Waals surface area contributed by atoms with Crippen LogP contribution in [0.4, 0.5) is 4.39 Å². The Kier molecular flexibility index (Phi) is 10.2. The van der Waals surface area contributed by atoms with Crippen molar-refractivity contribution < 1.29 is 32.2 Å². The number of aliphatic carboxylic acids is 1. The van der Waals surface area contributed by atoms with Gasteiger partial charge in [0.25, 0.3) is 0 Å². The zero-order valence-corrected chi connectivity index (χ0v) is 35.5. The number of ether oxygens (including phenoxy) is 1. The van der Waals surface area contributed by atoms with Crippen molar-refractivity contribution in [3.8, 4) is 0 Å². The Labute approximate surface area is 325 Å². The van der Waals surface area contributed by atoms with Gasteiger partial charge in [0.2, 0.25) is 0 Å². The molecule has 8 nitrogen and oxygen atoms in total. The number of halogens is 1. The second kappa shape index (κ2) is 13.5. The van der Waals surface area contributed by atoms with Crippen molar-refractivity contribution in [3.05, 3.63) is 12.2 Å². The van der Waals surface area contributed by atoms with Crippen LogP contribution in [-0.2, 0) is 24.2 Å². The topological polar surface area (TPSA) is 113 Å². The van der Waals surface area contributed by atoms with E-state index in [1.807, 2.05) is 13.8 Å². The highest BCUT2D eigenvalue weighted by Gasteiger charge is 2.72. The second-order valence-corrected chi connectivity index (χ2v) is 23.8. The highest BCUT2D eigenvalue weighted by Crippen LogP contribution is 2.76. The van der Waals surface area contributed by atoms with E-state index in [0.29, 0.717) is 49.1 Å². The molecule has 10 heteroatoms. The lowest BCUT2D eigenvalue weighted by atomic mass is 9.32. The van der Waals surface area contributed by atoms with Crippen molar-refractivity contribution in [2.45, 2.75) is 144 Å². The van der Waals surface area contributed by atoms with E-state index in [1.54, 1.807) is 0 Å².